The summed E-state index contributed by atoms with van der Waals surface area (Å²) in [6.45, 7) is 3.09. The zero-order chi connectivity index (χ0) is 18.0. The number of thioether (sulfide) groups is 1. The van der Waals surface area contributed by atoms with E-state index in [2.05, 4.69) is 10.6 Å². The fourth-order valence-electron chi connectivity index (χ4n) is 1.80. The van der Waals surface area contributed by atoms with E-state index in [9.17, 15) is 19.5 Å². The van der Waals surface area contributed by atoms with Gasteiger partial charge in [-0.15, -0.1) is 0 Å². The smallest absolute Gasteiger partial charge is 0.326 e. The van der Waals surface area contributed by atoms with Crippen LogP contribution in [0.2, 0.25) is 0 Å². The van der Waals surface area contributed by atoms with E-state index in [1.807, 2.05) is 13.2 Å². The quantitative estimate of drug-likeness (QED) is 0.327. The number of carboxylic acids is 1. The molecule has 0 saturated heterocycles. The van der Waals surface area contributed by atoms with Crippen LogP contribution in [-0.2, 0) is 14.4 Å². The maximum Gasteiger partial charge on any atom is 0.326 e. The molecule has 2 amide bonds. The minimum absolute atomic E-state index is 0.208. The first kappa shape index (κ1) is 21.7. The molecule has 0 saturated carbocycles. The summed E-state index contributed by atoms with van der Waals surface area (Å²) in [5, 5.41) is 23.0. The van der Waals surface area contributed by atoms with Gasteiger partial charge in [0.05, 0.1) is 6.61 Å². The molecule has 0 spiro atoms. The number of nitrogens with one attached hydrogen (secondary N) is 2. The van der Waals surface area contributed by atoms with E-state index in [-0.39, 0.29) is 5.92 Å². The maximum absolute atomic E-state index is 12.4. The molecule has 0 radical (unpaired) electrons. The van der Waals surface area contributed by atoms with Crippen molar-refractivity contribution in [1.82, 2.24) is 10.6 Å². The van der Waals surface area contributed by atoms with Gasteiger partial charge in [0.2, 0.25) is 11.8 Å². The number of hydrogen-bond donors (Lipinski definition) is 5. The fourth-order valence-corrected chi connectivity index (χ4v) is 2.27. The van der Waals surface area contributed by atoms with E-state index in [0.29, 0.717) is 18.6 Å². The molecule has 8 nitrogen and oxygen atoms in total. The molecular weight excluding hydrogens is 322 g/mol. The van der Waals surface area contributed by atoms with E-state index in [1.165, 1.54) is 11.8 Å². The minimum atomic E-state index is -1.12. The number of amides is 2. The van der Waals surface area contributed by atoms with Crippen molar-refractivity contribution in [2.75, 3.05) is 18.6 Å². The van der Waals surface area contributed by atoms with Crippen LogP contribution in [0.3, 0.4) is 0 Å². The largest absolute Gasteiger partial charge is 0.480 e. The average Bonchev–Trinajstić information content (AvgIpc) is 2.53. The number of carbonyl (C=O) groups is 3. The molecule has 0 bridgehead atoms. The van der Waals surface area contributed by atoms with Gasteiger partial charge in [0.1, 0.15) is 18.1 Å². The molecule has 0 aliphatic rings. The lowest BCUT2D eigenvalue weighted by Gasteiger charge is -2.26. The zero-order valence-corrected chi connectivity index (χ0v) is 14.6. The Morgan fingerprint density at radius 2 is 1.83 bits per heavy atom. The van der Waals surface area contributed by atoms with Crippen molar-refractivity contribution in [3.63, 3.8) is 0 Å². The van der Waals surface area contributed by atoms with Gasteiger partial charge in [-0.3, -0.25) is 9.59 Å². The van der Waals surface area contributed by atoms with Gasteiger partial charge in [0, 0.05) is 0 Å². The molecule has 0 aromatic heterocycles. The van der Waals surface area contributed by atoms with E-state index < -0.39 is 42.5 Å². The Bertz CT molecular complexity index is 408. The predicted molar refractivity (Wildman–Crippen MR) is 89.0 cm³/mol. The maximum atomic E-state index is 12.4. The van der Waals surface area contributed by atoms with Crippen molar-refractivity contribution in [3.8, 4) is 0 Å². The van der Waals surface area contributed by atoms with Gasteiger partial charge in [0.15, 0.2) is 0 Å². The molecule has 0 fully saturated rings. The molecule has 0 unspecified atom stereocenters. The normalized spacial score (nSPS) is 16.0. The topological polar surface area (TPSA) is 142 Å². The average molecular weight is 349 g/mol. The number of rotatable bonds is 11. The van der Waals surface area contributed by atoms with Crippen LogP contribution in [0.15, 0.2) is 0 Å². The Labute approximate surface area is 140 Å². The van der Waals surface area contributed by atoms with Gasteiger partial charge < -0.3 is 26.6 Å². The molecule has 0 aliphatic carbocycles. The summed E-state index contributed by atoms with van der Waals surface area (Å²) in [5.41, 5.74) is 5.43. The van der Waals surface area contributed by atoms with Crippen LogP contribution in [0.4, 0.5) is 0 Å². The van der Waals surface area contributed by atoms with Crippen molar-refractivity contribution in [1.29, 1.82) is 0 Å². The third-order valence-corrected chi connectivity index (χ3v) is 4.20. The molecule has 23 heavy (non-hydrogen) atoms. The lowest BCUT2D eigenvalue weighted by atomic mass is 9.97. The fraction of sp³-hybridized carbons (Fsp3) is 0.786. The molecular formula is C14H27N3O5S. The Morgan fingerprint density at radius 3 is 2.26 bits per heavy atom. The van der Waals surface area contributed by atoms with Crippen LogP contribution in [0.25, 0.3) is 0 Å². The van der Waals surface area contributed by atoms with Gasteiger partial charge in [-0.2, -0.15) is 11.8 Å². The van der Waals surface area contributed by atoms with Crippen molar-refractivity contribution < 1.29 is 24.6 Å². The van der Waals surface area contributed by atoms with Crippen molar-refractivity contribution in [2.45, 2.75) is 44.8 Å². The SMILES string of the molecule is CC[C@H](C)[C@H](NC(=O)[C@@H](N)CO)C(=O)N[C@@H](CCSC)C(=O)O. The number of aliphatic carboxylic acids is 1. The first-order valence-corrected chi connectivity index (χ1v) is 8.86. The molecule has 0 aliphatic heterocycles. The Kier molecular flexibility index (Phi) is 10.6. The van der Waals surface area contributed by atoms with Crippen LogP contribution >= 0.6 is 11.8 Å². The third kappa shape index (κ3) is 7.67. The minimum Gasteiger partial charge on any atom is -0.480 e. The summed E-state index contributed by atoms with van der Waals surface area (Å²) in [6, 6.07) is -3.03. The first-order valence-electron chi connectivity index (χ1n) is 7.47. The summed E-state index contributed by atoms with van der Waals surface area (Å²) in [5.74, 6) is -1.95. The summed E-state index contributed by atoms with van der Waals surface area (Å²) in [7, 11) is 0. The molecule has 6 N–H and O–H groups in total. The predicted octanol–water partition coefficient (Wildman–Crippen LogP) is -0.841. The first-order chi connectivity index (χ1) is 10.8. The molecule has 4 atom stereocenters. The number of nitrogens with two attached hydrogens (primary N) is 1. The van der Waals surface area contributed by atoms with Crippen molar-refractivity contribution in [2.24, 2.45) is 11.7 Å². The summed E-state index contributed by atoms with van der Waals surface area (Å²) in [4.78, 5) is 35.4. The highest BCUT2D eigenvalue weighted by Crippen LogP contribution is 2.10. The van der Waals surface area contributed by atoms with Crippen LogP contribution in [0.5, 0.6) is 0 Å². The molecule has 134 valence electrons. The highest BCUT2D eigenvalue weighted by atomic mass is 32.2. The van der Waals surface area contributed by atoms with Gasteiger partial charge in [-0.1, -0.05) is 20.3 Å². The van der Waals surface area contributed by atoms with Crippen molar-refractivity contribution >= 4 is 29.5 Å². The summed E-state index contributed by atoms with van der Waals surface area (Å²) >= 11 is 1.48. The highest BCUT2D eigenvalue weighted by Gasteiger charge is 2.30. The lowest BCUT2D eigenvalue weighted by molar-refractivity contribution is -0.142. The van der Waals surface area contributed by atoms with Gasteiger partial charge in [0.25, 0.3) is 0 Å². The van der Waals surface area contributed by atoms with E-state index in [1.54, 1.807) is 6.92 Å². The second kappa shape index (κ2) is 11.3. The number of aliphatic hydroxyl groups is 1. The van der Waals surface area contributed by atoms with Gasteiger partial charge in [-0.05, 0) is 24.3 Å². The Balaban J connectivity index is 4.98. The summed E-state index contributed by atoms with van der Waals surface area (Å²) in [6.07, 6.45) is 2.74. The Morgan fingerprint density at radius 1 is 1.22 bits per heavy atom. The standard InChI is InChI=1S/C14H27N3O5S/c1-4-8(2)11(17-12(19)9(15)7-18)13(20)16-10(14(21)22)5-6-23-3/h8-11,18H,4-7,15H2,1-3H3,(H,16,20)(H,17,19)(H,21,22)/t8-,9-,10-,11-/m0/s1. The second-order valence-electron chi connectivity index (χ2n) is 5.34. The second-order valence-corrected chi connectivity index (χ2v) is 6.33. The third-order valence-electron chi connectivity index (χ3n) is 3.55. The van der Waals surface area contributed by atoms with Gasteiger partial charge >= 0.3 is 5.97 Å². The number of hydrogen-bond acceptors (Lipinski definition) is 6. The van der Waals surface area contributed by atoms with Crippen LogP contribution in [0.1, 0.15) is 26.7 Å². The summed E-state index contributed by atoms with van der Waals surface area (Å²) < 4.78 is 0. The van der Waals surface area contributed by atoms with E-state index >= 15 is 0 Å². The van der Waals surface area contributed by atoms with E-state index in [4.69, 9.17) is 10.8 Å². The van der Waals surface area contributed by atoms with Crippen LogP contribution in [0, 0.1) is 5.92 Å². The number of carbonyl (C=O) groups excluding carboxylic acids is 2. The monoisotopic (exact) mass is 349 g/mol. The van der Waals surface area contributed by atoms with Crippen molar-refractivity contribution in [3.05, 3.63) is 0 Å². The van der Waals surface area contributed by atoms with E-state index in [0.717, 1.165) is 0 Å². The lowest BCUT2D eigenvalue weighted by Crippen LogP contribution is -2.57. The van der Waals surface area contributed by atoms with Gasteiger partial charge in [-0.25, -0.2) is 4.79 Å². The molecule has 0 aromatic rings. The molecule has 0 aromatic carbocycles. The Hall–Kier alpha value is -1.32. The number of aliphatic hydroxyl groups excluding tert-OH is 1. The highest BCUT2D eigenvalue weighted by molar-refractivity contribution is 7.98. The van der Waals surface area contributed by atoms with Crippen LogP contribution < -0.4 is 16.4 Å². The van der Waals surface area contributed by atoms with Crippen LogP contribution in [-0.4, -0.2) is 64.7 Å². The molecule has 0 rings (SSSR count). The molecule has 9 heteroatoms. The number of carboxylic acid groups (broad SMARTS) is 1. The zero-order valence-electron chi connectivity index (χ0n) is 13.7. The molecule has 0 heterocycles.